The maximum absolute atomic E-state index is 11.6. The predicted octanol–water partition coefficient (Wildman–Crippen LogP) is 1.79. The van der Waals surface area contributed by atoms with Gasteiger partial charge in [-0.3, -0.25) is 9.59 Å². The highest BCUT2D eigenvalue weighted by Crippen LogP contribution is 2.09. The molecule has 2 N–H and O–H groups in total. The van der Waals surface area contributed by atoms with Gasteiger partial charge in [-0.25, -0.2) is 0 Å². The molecule has 0 aromatic carbocycles. The van der Waals surface area contributed by atoms with Crippen molar-refractivity contribution < 1.29 is 23.8 Å². The van der Waals surface area contributed by atoms with Crippen LogP contribution in [0.4, 0.5) is 0 Å². The molecule has 1 heterocycles. The summed E-state index contributed by atoms with van der Waals surface area (Å²) in [5.74, 6) is -0.150. The normalized spacial score (nSPS) is 22.6. The zero-order valence-corrected chi connectivity index (χ0v) is 16.1. The lowest BCUT2D eigenvalue weighted by molar-refractivity contribution is -0.126. The van der Waals surface area contributed by atoms with Crippen LogP contribution < -0.4 is 10.6 Å². The number of carbonyl (C=O) groups excluding carboxylic acids is 2. The number of nitrogens with one attached hydrogen (secondary N) is 2. The van der Waals surface area contributed by atoms with E-state index in [1.165, 1.54) is 32.1 Å². The molecule has 0 aliphatic carbocycles. The third-order valence-electron chi connectivity index (χ3n) is 4.21. The van der Waals surface area contributed by atoms with Crippen molar-refractivity contribution in [1.82, 2.24) is 10.6 Å². The van der Waals surface area contributed by atoms with Crippen LogP contribution in [-0.2, 0) is 23.8 Å². The Morgan fingerprint density at radius 3 is 1.27 bits per heavy atom. The van der Waals surface area contributed by atoms with Gasteiger partial charge < -0.3 is 24.8 Å². The topological polar surface area (TPSA) is 85.9 Å². The van der Waals surface area contributed by atoms with Crippen LogP contribution >= 0.6 is 0 Å². The second kappa shape index (κ2) is 17.2. The molecule has 1 aliphatic heterocycles. The Morgan fingerprint density at radius 1 is 0.500 bits per heavy atom. The fourth-order valence-electron chi connectivity index (χ4n) is 2.71. The first-order valence-electron chi connectivity index (χ1n) is 10.1. The number of hydrogen-bond acceptors (Lipinski definition) is 5. The maximum Gasteiger partial charge on any atom is 0.245 e. The van der Waals surface area contributed by atoms with Gasteiger partial charge in [0, 0.05) is 13.1 Å². The molecule has 0 bridgehead atoms. The molecule has 0 aromatic rings. The van der Waals surface area contributed by atoms with E-state index in [0.29, 0.717) is 26.4 Å². The van der Waals surface area contributed by atoms with Gasteiger partial charge >= 0.3 is 0 Å². The number of amides is 2. The van der Waals surface area contributed by atoms with E-state index in [4.69, 9.17) is 14.2 Å². The largest absolute Gasteiger partial charge is 0.377 e. The molecule has 1 rings (SSSR count). The lowest BCUT2D eigenvalue weighted by Crippen LogP contribution is -2.29. The molecule has 2 amide bonds. The number of rotatable bonds is 0. The van der Waals surface area contributed by atoms with Crippen molar-refractivity contribution >= 4 is 11.8 Å². The summed E-state index contributed by atoms with van der Waals surface area (Å²) in [5.41, 5.74) is 0. The van der Waals surface area contributed by atoms with Crippen LogP contribution in [0.25, 0.3) is 0 Å². The first kappa shape index (κ1) is 22.9. The van der Waals surface area contributed by atoms with Crippen LogP contribution in [0.3, 0.4) is 0 Å². The molecule has 0 radical (unpaired) electrons. The average Bonchev–Trinajstić information content (AvgIpc) is 2.63. The highest BCUT2D eigenvalue weighted by molar-refractivity contribution is 5.77. The van der Waals surface area contributed by atoms with Crippen LogP contribution in [0.15, 0.2) is 0 Å². The molecular weight excluding hydrogens is 336 g/mol. The van der Waals surface area contributed by atoms with Gasteiger partial charge in [0.25, 0.3) is 0 Å². The lowest BCUT2D eigenvalue weighted by Gasteiger charge is -2.09. The van der Waals surface area contributed by atoms with Crippen molar-refractivity contribution in [2.45, 2.75) is 57.8 Å². The van der Waals surface area contributed by atoms with Crippen molar-refractivity contribution in [3.05, 3.63) is 0 Å². The van der Waals surface area contributed by atoms with Crippen LogP contribution in [-0.4, -0.2) is 64.5 Å². The van der Waals surface area contributed by atoms with E-state index in [1.54, 1.807) is 0 Å². The van der Waals surface area contributed by atoms with Gasteiger partial charge in [0.1, 0.15) is 13.2 Å². The highest BCUT2D eigenvalue weighted by atomic mass is 16.5. The molecule has 7 nitrogen and oxygen atoms in total. The summed E-state index contributed by atoms with van der Waals surface area (Å²) < 4.78 is 15.8. The molecule has 1 saturated heterocycles. The SMILES string of the molecule is O=C1COCCOCCOCC(=O)NCCCCCCCCCCCN1. The quantitative estimate of drug-likeness (QED) is 0.677. The van der Waals surface area contributed by atoms with E-state index in [1.807, 2.05) is 0 Å². The monoisotopic (exact) mass is 372 g/mol. The van der Waals surface area contributed by atoms with Crippen molar-refractivity contribution in [3.8, 4) is 0 Å². The van der Waals surface area contributed by atoms with Crippen molar-refractivity contribution in [1.29, 1.82) is 0 Å². The zero-order chi connectivity index (χ0) is 18.7. The summed E-state index contributed by atoms with van der Waals surface area (Å²) in [6.45, 7) is 3.14. The summed E-state index contributed by atoms with van der Waals surface area (Å²) in [6, 6.07) is 0. The minimum Gasteiger partial charge on any atom is -0.377 e. The maximum atomic E-state index is 11.6. The second-order valence-corrected chi connectivity index (χ2v) is 6.60. The molecule has 1 aliphatic rings. The minimum absolute atomic E-state index is 0.0695. The molecule has 26 heavy (non-hydrogen) atoms. The summed E-state index contributed by atoms with van der Waals surface area (Å²) in [7, 11) is 0. The lowest BCUT2D eigenvalue weighted by atomic mass is 10.1. The molecule has 1 fully saturated rings. The third kappa shape index (κ3) is 15.1. The smallest absolute Gasteiger partial charge is 0.245 e. The molecule has 0 saturated carbocycles. The Balaban J connectivity index is 2.15. The van der Waals surface area contributed by atoms with Crippen LogP contribution in [0, 0.1) is 0 Å². The predicted molar refractivity (Wildman–Crippen MR) is 100 cm³/mol. The second-order valence-electron chi connectivity index (χ2n) is 6.60. The summed E-state index contributed by atoms with van der Waals surface area (Å²) in [6.07, 6.45) is 10.6. The van der Waals surface area contributed by atoms with Crippen molar-refractivity contribution in [3.63, 3.8) is 0 Å². The van der Waals surface area contributed by atoms with E-state index in [2.05, 4.69) is 10.6 Å². The average molecular weight is 373 g/mol. The van der Waals surface area contributed by atoms with Crippen molar-refractivity contribution in [2.75, 3.05) is 52.7 Å². The molecule has 7 heteroatoms. The van der Waals surface area contributed by atoms with E-state index >= 15 is 0 Å². The van der Waals surface area contributed by atoms with Gasteiger partial charge in [-0.05, 0) is 12.8 Å². The van der Waals surface area contributed by atoms with Gasteiger partial charge in [0.15, 0.2) is 0 Å². The first-order valence-corrected chi connectivity index (χ1v) is 10.1. The van der Waals surface area contributed by atoms with E-state index in [-0.39, 0.29) is 25.0 Å². The Kier molecular flexibility index (Phi) is 15.2. The Bertz CT molecular complexity index is 334. The van der Waals surface area contributed by atoms with Crippen LogP contribution in [0.1, 0.15) is 57.8 Å². The number of ether oxygens (including phenoxy) is 3. The van der Waals surface area contributed by atoms with Crippen molar-refractivity contribution in [2.24, 2.45) is 0 Å². The van der Waals surface area contributed by atoms with E-state index in [9.17, 15) is 9.59 Å². The Hall–Kier alpha value is -1.18. The fourth-order valence-corrected chi connectivity index (χ4v) is 2.71. The Labute approximate surface area is 157 Å². The van der Waals surface area contributed by atoms with Gasteiger partial charge in [-0.1, -0.05) is 44.9 Å². The van der Waals surface area contributed by atoms with E-state index in [0.717, 1.165) is 38.8 Å². The standard InChI is InChI=1S/C19H36N2O5/c22-18-16-25-14-12-24-13-15-26-17-19(23)21-11-9-7-5-3-1-2-4-6-8-10-20-18/h1-17H2,(H,20,22)(H,21,23). The van der Waals surface area contributed by atoms with Gasteiger partial charge in [0.2, 0.25) is 11.8 Å². The van der Waals surface area contributed by atoms with E-state index < -0.39 is 0 Å². The zero-order valence-electron chi connectivity index (χ0n) is 16.1. The molecule has 152 valence electrons. The Morgan fingerprint density at radius 2 is 0.846 bits per heavy atom. The molecule has 0 atom stereocenters. The van der Waals surface area contributed by atoms with Gasteiger partial charge in [-0.2, -0.15) is 0 Å². The number of carbonyl (C=O) groups is 2. The summed E-state index contributed by atoms with van der Waals surface area (Å²) >= 11 is 0. The molecular formula is C19H36N2O5. The minimum atomic E-state index is -0.0752. The third-order valence-corrected chi connectivity index (χ3v) is 4.21. The van der Waals surface area contributed by atoms with Crippen LogP contribution in [0.5, 0.6) is 0 Å². The fraction of sp³-hybridized carbons (Fsp3) is 0.895. The van der Waals surface area contributed by atoms with Crippen LogP contribution in [0.2, 0.25) is 0 Å². The summed E-state index contributed by atoms with van der Waals surface area (Å²) in [4.78, 5) is 23.2. The van der Waals surface area contributed by atoms with Gasteiger partial charge in [-0.15, -0.1) is 0 Å². The molecule has 0 unspecified atom stereocenters. The van der Waals surface area contributed by atoms with Gasteiger partial charge in [0.05, 0.1) is 26.4 Å². The highest BCUT2D eigenvalue weighted by Gasteiger charge is 2.02. The molecule has 0 aromatic heterocycles. The summed E-state index contributed by atoms with van der Waals surface area (Å²) in [5, 5.41) is 5.75. The first-order chi connectivity index (χ1) is 12.8. The molecule has 0 spiro atoms. The number of hydrogen-bond donors (Lipinski definition) is 2.